The van der Waals surface area contributed by atoms with Crippen LogP contribution in [0.2, 0.25) is 0 Å². The number of nitrogens with zero attached hydrogens (tertiary/aromatic N) is 3. The minimum atomic E-state index is -0.500. The van der Waals surface area contributed by atoms with Crippen molar-refractivity contribution in [3.63, 3.8) is 0 Å². The first kappa shape index (κ1) is 14.2. The molecule has 0 aliphatic carbocycles. The summed E-state index contributed by atoms with van der Waals surface area (Å²) in [5.41, 5.74) is 0.851. The summed E-state index contributed by atoms with van der Waals surface area (Å²) in [6, 6.07) is 5.63. The van der Waals surface area contributed by atoms with Crippen LogP contribution in [-0.4, -0.2) is 27.7 Å². The lowest BCUT2D eigenvalue weighted by Crippen LogP contribution is -2.15. The molecule has 2 heterocycles. The predicted octanol–water partition coefficient (Wildman–Crippen LogP) is 2.11. The van der Waals surface area contributed by atoms with Gasteiger partial charge in [0, 0.05) is 11.9 Å². The van der Waals surface area contributed by atoms with Crippen molar-refractivity contribution in [1.82, 2.24) is 15.1 Å². The largest absolute Gasteiger partial charge is 0.465 e. The van der Waals surface area contributed by atoms with Crippen molar-refractivity contribution in [2.24, 2.45) is 0 Å². The maximum absolute atomic E-state index is 11.8. The van der Waals surface area contributed by atoms with E-state index >= 15 is 0 Å². The Kier molecular flexibility index (Phi) is 4.81. The highest BCUT2D eigenvalue weighted by Gasteiger charge is 2.26. The van der Waals surface area contributed by atoms with Crippen LogP contribution in [0.3, 0.4) is 0 Å². The molecule has 1 atom stereocenters. The van der Waals surface area contributed by atoms with Gasteiger partial charge in [0.15, 0.2) is 5.82 Å². The van der Waals surface area contributed by atoms with E-state index in [9.17, 15) is 4.79 Å². The van der Waals surface area contributed by atoms with Gasteiger partial charge in [-0.2, -0.15) is 4.98 Å². The molecule has 0 spiro atoms. The number of carbonyl (C=O) groups excluding carboxylic acids is 1. The van der Waals surface area contributed by atoms with Crippen LogP contribution >= 0.6 is 0 Å². The molecule has 2 rings (SSSR count). The van der Waals surface area contributed by atoms with Crippen LogP contribution in [0.25, 0.3) is 0 Å². The molecule has 6 heteroatoms. The highest BCUT2D eigenvalue weighted by atomic mass is 16.5. The molecule has 0 fully saturated rings. The smallest absolute Gasteiger partial charge is 0.318 e. The summed E-state index contributed by atoms with van der Waals surface area (Å²) < 4.78 is 10.2. The Morgan fingerprint density at radius 2 is 2.25 bits per heavy atom. The van der Waals surface area contributed by atoms with Crippen LogP contribution in [0, 0.1) is 0 Å². The van der Waals surface area contributed by atoms with Crippen molar-refractivity contribution in [3.05, 3.63) is 41.8 Å². The highest BCUT2D eigenvalue weighted by Crippen LogP contribution is 2.19. The number of hydrogen-bond donors (Lipinski definition) is 0. The first-order valence-corrected chi connectivity index (χ1v) is 6.63. The summed E-state index contributed by atoms with van der Waals surface area (Å²) in [5.74, 6) is -0.0127. The van der Waals surface area contributed by atoms with E-state index < -0.39 is 5.92 Å². The Morgan fingerprint density at radius 1 is 1.40 bits per heavy atom. The summed E-state index contributed by atoms with van der Waals surface area (Å²) in [5, 5.41) is 3.89. The minimum absolute atomic E-state index is 0.303. The maximum atomic E-state index is 11.8. The molecule has 2 aromatic heterocycles. The lowest BCUT2D eigenvalue weighted by Gasteiger charge is -2.08. The quantitative estimate of drug-likeness (QED) is 0.751. The second-order valence-electron chi connectivity index (χ2n) is 4.26. The predicted molar refractivity (Wildman–Crippen MR) is 71.0 cm³/mol. The number of pyridine rings is 1. The van der Waals surface area contributed by atoms with Crippen LogP contribution in [0.15, 0.2) is 28.9 Å². The van der Waals surface area contributed by atoms with Gasteiger partial charge in [0.25, 0.3) is 0 Å². The van der Waals surface area contributed by atoms with E-state index in [1.807, 2.05) is 25.1 Å². The second kappa shape index (κ2) is 6.79. The summed E-state index contributed by atoms with van der Waals surface area (Å²) in [7, 11) is 0. The molecule has 0 radical (unpaired) electrons. The van der Waals surface area contributed by atoms with Gasteiger partial charge in [-0.15, -0.1) is 0 Å². The van der Waals surface area contributed by atoms with Crippen molar-refractivity contribution in [2.45, 2.75) is 32.6 Å². The molecule has 0 aliphatic heterocycles. The number of ether oxygens (including phenoxy) is 1. The fraction of sp³-hybridized carbons (Fsp3) is 0.429. The standard InChI is InChI=1S/C14H17N3O3/c1-3-11(14(18)19-4-2)13-16-12(17-20-13)9-10-7-5-6-8-15-10/h5-8,11H,3-4,9H2,1-2H3. The Bertz CT molecular complexity index is 554. The van der Waals surface area contributed by atoms with Gasteiger partial charge in [0.05, 0.1) is 13.0 Å². The molecule has 0 aliphatic rings. The van der Waals surface area contributed by atoms with Gasteiger partial charge in [0.1, 0.15) is 5.92 Å². The highest BCUT2D eigenvalue weighted by molar-refractivity contribution is 5.76. The third-order valence-electron chi connectivity index (χ3n) is 2.83. The lowest BCUT2D eigenvalue weighted by molar-refractivity contribution is -0.145. The number of hydrogen-bond acceptors (Lipinski definition) is 6. The molecule has 0 aromatic carbocycles. The van der Waals surface area contributed by atoms with Gasteiger partial charge in [0.2, 0.25) is 5.89 Å². The maximum Gasteiger partial charge on any atom is 0.318 e. The van der Waals surface area contributed by atoms with E-state index in [1.54, 1.807) is 13.1 Å². The van der Waals surface area contributed by atoms with E-state index in [1.165, 1.54) is 0 Å². The number of rotatable bonds is 6. The normalized spacial score (nSPS) is 12.1. The molecular formula is C14H17N3O3. The Labute approximate surface area is 117 Å². The van der Waals surface area contributed by atoms with E-state index in [-0.39, 0.29) is 5.97 Å². The molecule has 0 saturated heterocycles. The van der Waals surface area contributed by atoms with Crippen molar-refractivity contribution < 1.29 is 14.1 Å². The molecule has 0 saturated carbocycles. The zero-order chi connectivity index (χ0) is 14.4. The Balaban J connectivity index is 2.09. The zero-order valence-corrected chi connectivity index (χ0v) is 11.6. The Morgan fingerprint density at radius 3 is 2.90 bits per heavy atom. The van der Waals surface area contributed by atoms with Gasteiger partial charge in [-0.1, -0.05) is 18.1 Å². The number of carbonyl (C=O) groups is 1. The van der Waals surface area contributed by atoms with Gasteiger partial charge in [-0.3, -0.25) is 9.78 Å². The van der Waals surface area contributed by atoms with Crippen molar-refractivity contribution in [3.8, 4) is 0 Å². The molecule has 6 nitrogen and oxygen atoms in total. The minimum Gasteiger partial charge on any atom is -0.465 e. The fourth-order valence-corrected chi connectivity index (χ4v) is 1.83. The fourth-order valence-electron chi connectivity index (χ4n) is 1.83. The van der Waals surface area contributed by atoms with E-state index in [4.69, 9.17) is 9.26 Å². The molecule has 0 N–H and O–H groups in total. The average Bonchev–Trinajstić information content (AvgIpc) is 2.89. The van der Waals surface area contributed by atoms with Crippen LogP contribution in [0.5, 0.6) is 0 Å². The summed E-state index contributed by atoms with van der Waals surface area (Å²) >= 11 is 0. The number of aromatic nitrogens is 3. The van der Waals surface area contributed by atoms with E-state index in [2.05, 4.69) is 15.1 Å². The molecule has 1 unspecified atom stereocenters. The number of esters is 1. The van der Waals surface area contributed by atoms with Crippen molar-refractivity contribution in [1.29, 1.82) is 0 Å². The summed E-state index contributed by atoms with van der Waals surface area (Å²) in [4.78, 5) is 20.2. The van der Waals surface area contributed by atoms with E-state index in [0.29, 0.717) is 31.2 Å². The topological polar surface area (TPSA) is 78.1 Å². The van der Waals surface area contributed by atoms with Crippen LogP contribution in [0.4, 0.5) is 0 Å². The van der Waals surface area contributed by atoms with Crippen molar-refractivity contribution >= 4 is 5.97 Å². The lowest BCUT2D eigenvalue weighted by atomic mass is 10.1. The Hall–Kier alpha value is -2.24. The van der Waals surface area contributed by atoms with Gasteiger partial charge < -0.3 is 9.26 Å². The van der Waals surface area contributed by atoms with Crippen LogP contribution in [0.1, 0.15) is 43.6 Å². The summed E-state index contributed by atoms with van der Waals surface area (Å²) in [6.07, 6.45) is 2.75. The van der Waals surface area contributed by atoms with Crippen LogP contribution < -0.4 is 0 Å². The molecule has 0 amide bonds. The molecule has 20 heavy (non-hydrogen) atoms. The van der Waals surface area contributed by atoms with Crippen LogP contribution in [-0.2, 0) is 16.0 Å². The molecule has 106 valence electrons. The monoisotopic (exact) mass is 275 g/mol. The average molecular weight is 275 g/mol. The third-order valence-corrected chi connectivity index (χ3v) is 2.83. The zero-order valence-electron chi connectivity index (χ0n) is 11.6. The van der Waals surface area contributed by atoms with E-state index in [0.717, 1.165) is 5.69 Å². The van der Waals surface area contributed by atoms with Gasteiger partial charge in [-0.05, 0) is 25.5 Å². The second-order valence-corrected chi connectivity index (χ2v) is 4.26. The van der Waals surface area contributed by atoms with Crippen molar-refractivity contribution in [2.75, 3.05) is 6.61 Å². The third kappa shape index (κ3) is 3.40. The first-order valence-electron chi connectivity index (χ1n) is 6.63. The molecular weight excluding hydrogens is 258 g/mol. The SMILES string of the molecule is CCOC(=O)C(CC)c1nc(Cc2ccccn2)no1. The molecule has 0 bridgehead atoms. The van der Waals surface area contributed by atoms with Gasteiger partial charge >= 0.3 is 5.97 Å². The molecule has 2 aromatic rings. The van der Waals surface area contributed by atoms with Gasteiger partial charge in [-0.25, -0.2) is 0 Å². The summed E-state index contributed by atoms with van der Waals surface area (Å²) in [6.45, 7) is 3.99. The first-order chi connectivity index (χ1) is 9.74.